The van der Waals surface area contributed by atoms with Gasteiger partial charge in [0.1, 0.15) is 0 Å². The minimum atomic E-state index is -1.58. The first-order valence-corrected chi connectivity index (χ1v) is 4.69. The molecule has 4 amide bonds. The molecule has 12 nitrogen and oxygen atoms in total. The molecule has 12 heteroatoms. The number of carbonyl (C=O) groups is 2. The van der Waals surface area contributed by atoms with E-state index in [0.29, 0.717) is 0 Å². The second-order valence-corrected chi connectivity index (χ2v) is 3.78. The Balaban J connectivity index is 2.51. The quantitative estimate of drug-likeness (QED) is 0.450. The number of likely N-dealkylation sites (N-methyl/N-ethyl adjacent to an activating group) is 2. The summed E-state index contributed by atoms with van der Waals surface area (Å²) >= 11 is 0. The molecule has 0 spiro atoms. The molecule has 0 aromatic carbocycles. The predicted molar refractivity (Wildman–Crippen MR) is 51.6 cm³/mol. The van der Waals surface area contributed by atoms with Crippen molar-refractivity contribution in [2.24, 2.45) is 0 Å². The second-order valence-electron chi connectivity index (χ2n) is 3.78. The van der Waals surface area contributed by atoms with Crippen molar-refractivity contribution in [1.82, 2.24) is 19.8 Å². The van der Waals surface area contributed by atoms with Crippen molar-refractivity contribution < 1.29 is 19.7 Å². The van der Waals surface area contributed by atoms with Crippen LogP contribution >= 0.6 is 0 Å². The molecule has 18 heavy (non-hydrogen) atoms. The van der Waals surface area contributed by atoms with E-state index in [1.54, 1.807) is 0 Å². The summed E-state index contributed by atoms with van der Waals surface area (Å²) in [7, 11) is 2.47. The number of rotatable bonds is 2. The van der Waals surface area contributed by atoms with Crippen LogP contribution < -0.4 is 0 Å². The highest BCUT2D eigenvalue weighted by atomic mass is 16.7. The van der Waals surface area contributed by atoms with Crippen molar-refractivity contribution in [3.05, 3.63) is 20.2 Å². The van der Waals surface area contributed by atoms with Gasteiger partial charge in [-0.15, -0.1) is 0 Å². The molecular formula is C6H8N6O6. The summed E-state index contributed by atoms with van der Waals surface area (Å²) in [5, 5.41) is 19.6. The Kier molecular flexibility index (Phi) is 2.24. The van der Waals surface area contributed by atoms with Gasteiger partial charge in [-0.25, -0.2) is 29.8 Å². The number of hydrazine groups is 2. The van der Waals surface area contributed by atoms with Crippen LogP contribution in [-0.2, 0) is 0 Å². The van der Waals surface area contributed by atoms with Gasteiger partial charge in [0, 0.05) is 14.1 Å². The largest absolute Gasteiger partial charge is 0.382 e. The molecule has 0 saturated carbocycles. The number of nitro groups is 2. The fourth-order valence-corrected chi connectivity index (χ4v) is 2.12. The molecule has 0 atom stereocenters. The molecule has 0 aromatic rings. The Morgan fingerprint density at radius 1 is 0.889 bits per heavy atom. The van der Waals surface area contributed by atoms with Crippen molar-refractivity contribution >= 4 is 12.1 Å². The van der Waals surface area contributed by atoms with Crippen molar-refractivity contribution in [2.45, 2.75) is 12.3 Å². The summed E-state index contributed by atoms with van der Waals surface area (Å²) in [4.78, 5) is 46.6. The lowest BCUT2D eigenvalue weighted by Crippen LogP contribution is -2.51. The van der Waals surface area contributed by atoms with Crippen LogP contribution in [0.3, 0.4) is 0 Å². The van der Waals surface area contributed by atoms with E-state index in [1.165, 1.54) is 14.1 Å². The molecule has 2 heterocycles. The number of nitrogens with zero attached hydrogens (tertiary/aromatic N) is 6. The topological polar surface area (TPSA) is 133 Å². The van der Waals surface area contributed by atoms with Crippen molar-refractivity contribution in [1.29, 1.82) is 0 Å². The minimum absolute atomic E-state index is 0.0782. The van der Waals surface area contributed by atoms with E-state index in [4.69, 9.17) is 0 Å². The first kappa shape index (κ1) is 11.8. The van der Waals surface area contributed by atoms with Gasteiger partial charge < -0.3 is 0 Å². The van der Waals surface area contributed by atoms with Crippen LogP contribution in [0.5, 0.6) is 0 Å². The van der Waals surface area contributed by atoms with E-state index in [1.807, 2.05) is 0 Å². The monoisotopic (exact) mass is 260 g/mol. The molecule has 0 N–H and O–H groups in total. The molecule has 0 unspecified atom stereocenters. The maximum atomic E-state index is 11.6. The van der Waals surface area contributed by atoms with E-state index in [2.05, 4.69) is 0 Å². The average Bonchev–Trinajstić information content (AvgIpc) is 2.64. The van der Waals surface area contributed by atoms with Crippen LogP contribution in [0.15, 0.2) is 0 Å². The van der Waals surface area contributed by atoms with E-state index in [9.17, 15) is 29.8 Å². The summed E-state index contributed by atoms with van der Waals surface area (Å²) in [6, 6.07) is -2.03. The molecule has 2 aliphatic rings. The zero-order chi connectivity index (χ0) is 13.8. The lowest BCUT2D eigenvalue weighted by molar-refractivity contribution is -0.694. The maximum Gasteiger partial charge on any atom is 0.382 e. The zero-order valence-electron chi connectivity index (χ0n) is 9.29. The normalized spacial score (nSPS) is 27.0. The van der Waals surface area contributed by atoms with E-state index in [0.717, 1.165) is 9.80 Å². The highest BCUT2D eigenvalue weighted by molar-refractivity contribution is 5.83. The lowest BCUT2D eigenvalue weighted by Gasteiger charge is -2.20. The van der Waals surface area contributed by atoms with Crippen molar-refractivity contribution in [3.63, 3.8) is 0 Å². The van der Waals surface area contributed by atoms with Gasteiger partial charge in [0.05, 0.1) is 0 Å². The van der Waals surface area contributed by atoms with Gasteiger partial charge in [-0.05, 0) is 10.0 Å². The Morgan fingerprint density at radius 2 is 1.22 bits per heavy atom. The van der Waals surface area contributed by atoms with Gasteiger partial charge in [0.2, 0.25) is 0 Å². The molecule has 98 valence electrons. The lowest BCUT2D eigenvalue weighted by atomic mass is 10.4. The van der Waals surface area contributed by atoms with Crippen molar-refractivity contribution in [3.8, 4) is 0 Å². The van der Waals surface area contributed by atoms with Crippen LogP contribution in [0.25, 0.3) is 0 Å². The Morgan fingerprint density at radius 3 is 1.50 bits per heavy atom. The molecule has 2 rings (SSSR count). The molecule has 0 bridgehead atoms. The third-order valence-corrected chi connectivity index (χ3v) is 2.91. The molecule has 2 aliphatic heterocycles. The van der Waals surface area contributed by atoms with Crippen LogP contribution in [0.2, 0.25) is 0 Å². The Bertz CT molecular complexity index is 425. The summed E-state index contributed by atoms with van der Waals surface area (Å²) in [6.45, 7) is 0. The summed E-state index contributed by atoms with van der Waals surface area (Å²) in [6.07, 6.45) is -2.65. The maximum absolute atomic E-state index is 11.6. The van der Waals surface area contributed by atoms with E-state index >= 15 is 0 Å². The van der Waals surface area contributed by atoms with Gasteiger partial charge in [-0.2, -0.15) is 0 Å². The number of carbonyl (C=O) groups excluding carboxylic acids is 2. The zero-order valence-corrected chi connectivity index (χ0v) is 9.29. The molecule has 0 aromatic heterocycles. The van der Waals surface area contributed by atoms with Gasteiger partial charge >= 0.3 is 12.1 Å². The van der Waals surface area contributed by atoms with Gasteiger partial charge in [0.15, 0.2) is 16.2 Å². The Labute approximate surface area is 99.2 Å². The van der Waals surface area contributed by atoms with Crippen LogP contribution in [0, 0.1) is 20.2 Å². The molecule has 2 saturated heterocycles. The number of urea groups is 2. The second kappa shape index (κ2) is 3.41. The summed E-state index contributed by atoms with van der Waals surface area (Å²) in [5.41, 5.74) is 0. The highest BCUT2D eigenvalue weighted by Crippen LogP contribution is 2.32. The first-order valence-electron chi connectivity index (χ1n) is 4.69. The fourth-order valence-electron chi connectivity index (χ4n) is 2.12. The molecule has 2 fully saturated rings. The third-order valence-electron chi connectivity index (χ3n) is 2.91. The minimum Gasteiger partial charge on any atom is -0.298 e. The van der Waals surface area contributed by atoms with Gasteiger partial charge in [-0.3, -0.25) is 9.80 Å². The van der Waals surface area contributed by atoms with Crippen molar-refractivity contribution in [2.75, 3.05) is 14.1 Å². The standard InChI is InChI=1S/C6H8N6O6/c1-7-3-4(9(5(7)13)11(15)16)10(12(17)18)6(14)8(3)2/h3-4H,1-2H3. The molecule has 0 radical (unpaired) electrons. The van der Waals surface area contributed by atoms with Crippen LogP contribution in [0.1, 0.15) is 0 Å². The molecular weight excluding hydrogens is 252 g/mol. The average molecular weight is 260 g/mol. The number of fused-ring (bicyclic) bond motifs is 1. The van der Waals surface area contributed by atoms with Crippen LogP contribution in [0.4, 0.5) is 9.59 Å². The third kappa shape index (κ3) is 1.19. The summed E-state index contributed by atoms with van der Waals surface area (Å²) < 4.78 is 0. The highest BCUT2D eigenvalue weighted by Gasteiger charge is 2.67. The summed E-state index contributed by atoms with van der Waals surface area (Å²) in [5.74, 6) is 0. The SMILES string of the molecule is CN1C(=O)N([N+](=O)[O-])C2C1N(C)C(=O)N2[N+](=O)[O-]. The Hall–Kier alpha value is -2.66. The van der Waals surface area contributed by atoms with E-state index < -0.39 is 34.5 Å². The number of amides is 4. The smallest absolute Gasteiger partial charge is 0.298 e. The number of hydrogen-bond donors (Lipinski definition) is 0. The van der Waals surface area contributed by atoms with Crippen LogP contribution in [-0.4, -0.2) is 68.4 Å². The predicted octanol–water partition coefficient (Wildman–Crippen LogP) is -1.24. The van der Waals surface area contributed by atoms with E-state index in [-0.39, 0.29) is 10.0 Å². The first-order chi connectivity index (χ1) is 8.29. The van der Waals surface area contributed by atoms with Gasteiger partial charge in [0.25, 0.3) is 6.17 Å². The fraction of sp³-hybridized carbons (Fsp3) is 0.667. The molecule has 0 aliphatic carbocycles. The number of hydrogen-bond acceptors (Lipinski definition) is 6. The van der Waals surface area contributed by atoms with Gasteiger partial charge in [-0.1, -0.05) is 0 Å².